The van der Waals surface area contributed by atoms with Crippen LogP contribution in [0.4, 0.5) is 11.4 Å². The number of carbonyl (C=O) groups is 2. The number of hydrogen-bond acceptors (Lipinski definition) is 7. The van der Waals surface area contributed by atoms with Gasteiger partial charge in [-0.25, -0.2) is 0 Å². The highest BCUT2D eigenvalue weighted by Gasteiger charge is 2.21. The molecule has 3 rings (SSSR count). The third kappa shape index (κ3) is 6.19. The van der Waals surface area contributed by atoms with E-state index in [-0.39, 0.29) is 22.7 Å². The summed E-state index contributed by atoms with van der Waals surface area (Å²) in [5, 5.41) is 13.5. The van der Waals surface area contributed by atoms with Crippen molar-refractivity contribution in [2.45, 2.75) is 37.6 Å². The number of aromatic nitrogens is 3. The number of amides is 2. The van der Waals surface area contributed by atoms with Crippen molar-refractivity contribution in [2.75, 3.05) is 17.7 Å². The molecule has 1 aromatic heterocycles. The number of thioether (sulfide) groups is 1. The maximum absolute atomic E-state index is 12.8. The summed E-state index contributed by atoms with van der Waals surface area (Å²) in [4.78, 5) is 39.8. The van der Waals surface area contributed by atoms with Crippen LogP contribution in [-0.2, 0) is 9.59 Å². The van der Waals surface area contributed by atoms with E-state index in [1.165, 1.54) is 6.92 Å². The lowest BCUT2D eigenvalue weighted by molar-refractivity contribution is -0.116. The van der Waals surface area contributed by atoms with Crippen LogP contribution in [0.3, 0.4) is 0 Å². The van der Waals surface area contributed by atoms with Gasteiger partial charge in [0.1, 0.15) is 5.75 Å². The highest BCUT2D eigenvalue weighted by Crippen LogP contribution is 2.27. The Morgan fingerprint density at radius 3 is 2.61 bits per heavy atom. The normalized spacial score (nSPS) is 11.5. The molecule has 0 unspecified atom stereocenters. The van der Waals surface area contributed by atoms with Gasteiger partial charge in [-0.05, 0) is 37.6 Å². The number of rotatable bonds is 8. The Kier molecular flexibility index (Phi) is 7.83. The number of carbonyl (C=O) groups excluding carboxylic acids is 2. The van der Waals surface area contributed by atoms with E-state index in [2.05, 4.69) is 25.8 Å². The minimum atomic E-state index is -0.499. The van der Waals surface area contributed by atoms with Gasteiger partial charge in [0.05, 0.1) is 18.0 Å². The Bertz CT molecular complexity index is 1230. The first-order valence-corrected chi connectivity index (χ1v) is 11.2. The van der Waals surface area contributed by atoms with Gasteiger partial charge in [0.25, 0.3) is 5.56 Å². The standard InChI is InChI=1S/C23H25N5O4S/c1-5-19(21(30)25-15-7-6-8-16(12-15)32-4)33-23-26-22(31)20(27-28-23)17-11-13(2)9-10-18(17)24-14(3)29/h6-12,19H,5H2,1-4H3,(H,24,29)(H,25,30)(H,26,28,31)/t19-/m0/s1. The molecule has 0 saturated heterocycles. The molecule has 0 bridgehead atoms. The summed E-state index contributed by atoms with van der Waals surface area (Å²) in [6.45, 7) is 5.13. The van der Waals surface area contributed by atoms with Crippen LogP contribution in [0.15, 0.2) is 52.4 Å². The third-order valence-corrected chi connectivity index (χ3v) is 5.91. The zero-order valence-corrected chi connectivity index (χ0v) is 19.6. The molecule has 0 aliphatic heterocycles. The van der Waals surface area contributed by atoms with E-state index >= 15 is 0 Å². The van der Waals surface area contributed by atoms with Gasteiger partial charge in [-0.3, -0.25) is 19.4 Å². The van der Waals surface area contributed by atoms with Crippen molar-refractivity contribution in [3.05, 3.63) is 58.4 Å². The predicted octanol–water partition coefficient (Wildman–Crippen LogP) is 3.62. The molecule has 0 fully saturated rings. The van der Waals surface area contributed by atoms with Crippen molar-refractivity contribution < 1.29 is 14.3 Å². The average Bonchev–Trinajstić information content (AvgIpc) is 2.78. The zero-order chi connectivity index (χ0) is 24.0. The van der Waals surface area contributed by atoms with E-state index in [4.69, 9.17) is 4.74 Å². The Labute approximate surface area is 195 Å². The molecule has 0 saturated carbocycles. The molecule has 0 aliphatic rings. The largest absolute Gasteiger partial charge is 0.497 e. The maximum Gasteiger partial charge on any atom is 0.278 e. The third-order valence-electron chi connectivity index (χ3n) is 4.67. The molecule has 2 amide bonds. The summed E-state index contributed by atoms with van der Waals surface area (Å²) in [6.07, 6.45) is 0.510. The molecule has 33 heavy (non-hydrogen) atoms. The topological polar surface area (TPSA) is 126 Å². The van der Waals surface area contributed by atoms with E-state index in [9.17, 15) is 14.4 Å². The van der Waals surface area contributed by atoms with Crippen LogP contribution in [0.1, 0.15) is 25.8 Å². The lowest BCUT2D eigenvalue weighted by atomic mass is 10.1. The second-order valence-corrected chi connectivity index (χ2v) is 8.47. The molecule has 1 heterocycles. The molecule has 172 valence electrons. The van der Waals surface area contributed by atoms with Crippen molar-refractivity contribution in [1.82, 2.24) is 15.2 Å². The predicted molar refractivity (Wildman–Crippen MR) is 129 cm³/mol. The van der Waals surface area contributed by atoms with E-state index < -0.39 is 10.8 Å². The van der Waals surface area contributed by atoms with Crippen LogP contribution in [0.25, 0.3) is 11.3 Å². The summed E-state index contributed by atoms with van der Waals surface area (Å²) in [5.41, 5.74) is 2.07. The SMILES string of the molecule is CC[C@H](Sc1nnc(-c2cc(C)ccc2NC(C)=O)c(=O)[nH]1)C(=O)Nc1cccc(OC)c1. The number of hydrogen-bond donors (Lipinski definition) is 3. The van der Waals surface area contributed by atoms with Crippen LogP contribution in [0.5, 0.6) is 5.75 Å². The second-order valence-electron chi connectivity index (χ2n) is 7.27. The number of nitrogens with zero attached hydrogens (tertiary/aromatic N) is 2. The number of ether oxygens (including phenoxy) is 1. The van der Waals surface area contributed by atoms with Crippen molar-refractivity contribution in [1.29, 1.82) is 0 Å². The van der Waals surface area contributed by atoms with Gasteiger partial charge in [-0.15, -0.1) is 10.2 Å². The van der Waals surface area contributed by atoms with Gasteiger partial charge < -0.3 is 15.4 Å². The Hall–Kier alpha value is -3.66. The van der Waals surface area contributed by atoms with Crippen LogP contribution in [-0.4, -0.2) is 39.4 Å². The van der Waals surface area contributed by atoms with Gasteiger partial charge in [-0.2, -0.15) is 0 Å². The minimum Gasteiger partial charge on any atom is -0.497 e. The first kappa shape index (κ1) is 24.0. The van der Waals surface area contributed by atoms with Crippen molar-refractivity contribution >= 4 is 35.0 Å². The fourth-order valence-electron chi connectivity index (χ4n) is 3.08. The highest BCUT2D eigenvalue weighted by molar-refractivity contribution is 8.00. The molecule has 10 heteroatoms. The Balaban J connectivity index is 1.80. The first-order chi connectivity index (χ1) is 15.8. The van der Waals surface area contributed by atoms with E-state index in [1.54, 1.807) is 43.5 Å². The molecule has 1 atom stereocenters. The number of methoxy groups -OCH3 is 1. The minimum absolute atomic E-state index is 0.0840. The van der Waals surface area contributed by atoms with E-state index in [1.807, 2.05) is 19.9 Å². The van der Waals surface area contributed by atoms with Crippen molar-refractivity contribution in [2.24, 2.45) is 0 Å². The van der Waals surface area contributed by atoms with Crippen molar-refractivity contribution in [3.63, 3.8) is 0 Å². The van der Waals surface area contributed by atoms with Crippen LogP contribution < -0.4 is 20.9 Å². The number of nitrogens with one attached hydrogen (secondary N) is 3. The summed E-state index contributed by atoms with van der Waals surface area (Å²) in [5.74, 6) is 0.146. The molecule has 2 aromatic carbocycles. The second kappa shape index (κ2) is 10.8. The number of H-pyrrole nitrogens is 1. The summed E-state index contributed by atoms with van der Waals surface area (Å²) in [7, 11) is 1.56. The molecular formula is C23H25N5O4S. The fraction of sp³-hybridized carbons (Fsp3) is 0.261. The summed E-state index contributed by atoms with van der Waals surface area (Å²) >= 11 is 1.12. The Morgan fingerprint density at radius 2 is 1.94 bits per heavy atom. The monoisotopic (exact) mass is 467 g/mol. The fourth-order valence-corrected chi connectivity index (χ4v) is 3.93. The smallest absolute Gasteiger partial charge is 0.278 e. The molecule has 0 aliphatic carbocycles. The summed E-state index contributed by atoms with van der Waals surface area (Å²) in [6, 6.07) is 12.4. The number of anilines is 2. The molecule has 3 N–H and O–H groups in total. The van der Waals surface area contributed by atoms with Gasteiger partial charge in [-0.1, -0.05) is 36.4 Å². The van der Waals surface area contributed by atoms with E-state index in [0.29, 0.717) is 29.1 Å². The maximum atomic E-state index is 12.8. The van der Waals surface area contributed by atoms with Crippen molar-refractivity contribution in [3.8, 4) is 17.0 Å². The number of aryl methyl sites for hydroxylation is 1. The lowest BCUT2D eigenvalue weighted by Crippen LogP contribution is -2.25. The van der Waals surface area contributed by atoms with Crippen LogP contribution >= 0.6 is 11.8 Å². The zero-order valence-electron chi connectivity index (χ0n) is 18.8. The lowest BCUT2D eigenvalue weighted by Gasteiger charge is -2.14. The highest BCUT2D eigenvalue weighted by atomic mass is 32.2. The van der Waals surface area contributed by atoms with Gasteiger partial charge in [0.15, 0.2) is 10.9 Å². The summed E-state index contributed by atoms with van der Waals surface area (Å²) < 4.78 is 5.18. The molecule has 9 nitrogen and oxygen atoms in total. The molecule has 0 spiro atoms. The van der Waals surface area contributed by atoms with Gasteiger partial charge in [0, 0.05) is 24.2 Å². The number of benzene rings is 2. The molecular weight excluding hydrogens is 442 g/mol. The average molecular weight is 468 g/mol. The first-order valence-electron chi connectivity index (χ1n) is 10.3. The molecule has 3 aromatic rings. The van der Waals surface area contributed by atoms with Gasteiger partial charge in [0.2, 0.25) is 11.8 Å². The Morgan fingerprint density at radius 1 is 1.15 bits per heavy atom. The van der Waals surface area contributed by atoms with Crippen LogP contribution in [0, 0.1) is 6.92 Å². The number of aromatic amines is 1. The molecule has 0 radical (unpaired) electrons. The van der Waals surface area contributed by atoms with Gasteiger partial charge >= 0.3 is 0 Å². The van der Waals surface area contributed by atoms with E-state index in [0.717, 1.165) is 17.3 Å². The quantitative estimate of drug-likeness (QED) is 0.432. The van der Waals surface area contributed by atoms with Crippen LogP contribution in [0.2, 0.25) is 0 Å².